The van der Waals surface area contributed by atoms with Crippen molar-refractivity contribution in [2.45, 2.75) is 0 Å². The van der Waals surface area contributed by atoms with Gasteiger partial charge in [-0.1, -0.05) is 24.3 Å². The molecule has 0 aliphatic rings. The van der Waals surface area contributed by atoms with E-state index in [1.165, 1.54) is 0 Å². The average molecular weight is 148 g/mol. The lowest BCUT2D eigenvalue weighted by Crippen LogP contribution is -2.09. The molecule has 0 N–H and O–H groups in total. The molecule has 0 aliphatic carbocycles. The van der Waals surface area contributed by atoms with Gasteiger partial charge < -0.3 is 5.01 Å². The molecule has 1 aromatic rings. The van der Waals surface area contributed by atoms with Crippen LogP contribution in [-0.4, -0.2) is 19.1 Å². The molecule has 0 amide bonds. The normalized spacial score (nSPS) is 8.91. The van der Waals surface area contributed by atoms with Gasteiger partial charge in [0.15, 0.2) is 0 Å². The Kier molecular flexibility index (Phi) is 2.66. The molecule has 0 spiro atoms. The highest BCUT2D eigenvalue weighted by molar-refractivity contribution is 4.99. The summed E-state index contributed by atoms with van der Waals surface area (Å²) in [6.07, 6.45) is 0. The lowest BCUT2D eigenvalue weighted by atomic mass is 10.5. The van der Waals surface area contributed by atoms with E-state index < -0.39 is 0 Å². The first-order valence-corrected chi connectivity index (χ1v) is 3.56. The van der Waals surface area contributed by atoms with Gasteiger partial charge in [-0.25, -0.2) is 0 Å². The van der Waals surface area contributed by atoms with Crippen LogP contribution >= 0.6 is 0 Å². The summed E-state index contributed by atoms with van der Waals surface area (Å²) in [5.41, 5.74) is 0. The topological polar surface area (TPSA) is 15.6 Å². The van der Waals surface area contributed by atoms with E-state index in [1.54, 1.807) is 5.01 Å². The molecule has 0 bridgehead atoms. The first-order chi connectivity index (χ1) is 5.29. The summed E-state index contributed by atoms with van der Waals surface area (Å²) in [6, 6.07) is 11.9. The zero-order chi connectivity index (χ0) is 8.10. The van der Waals surface area contributed by atoms with Crippen molar-refractivity contribution in [3.63, 3.8) is 0 Å². The molecule has 0 atom stereocenters. The molecule has 0 radical (unpaired) electrons. The molecule has 0 saturated heterocycles. The van der Waals surface area contributed by atoms with Crippen LogP contribution in [0.15, 0.2) is 41.5 Å². The van der Waals surface area contributed by atoms with Crippen molar-refractivity contribution in [3.8, 4) is 0 Å². The van der Waals surface area contributed by atoms with Crippen LogP contribution in [0.3, 0.4) is 0 Å². The number of hydrogen-bond donors (Lipinski definition) is 0. The third-order valence-electron chi connectivity index (χ3n) is 1.18. The van der Waals surface area contributed by atoms with Gasteiger partial charge in [0.2, 0.25) is 0 Å². The number of nitrogens with zero attached hydrogens (tertiary/aromatic N) is 2. The molecule has 0 aromatic heterocycles. The molecule has 0 unspecified atom stereocenters. The maximum atomic E-state index is 4.23. The van der Waals surface area contributed by atoms with Gasteiger partial charge in [0.25, 0.3) is 0 Å². The van der Waals surface area contributed by atoms with Gasteiger partial charge in [-0.3, -0.25) is 0 Å². The van der Waals surface area contributed by atoms with Crippen molar-refractivity contribution >= 4 is 0 Å². The second kappa shape index (κ2) is 3.76. The van der Waals surface area contributed by atoms with Crippen LogP contribution in [0.1, 0.15) is 0 Å². The Labute approximate surface area is 66.8 Å². The summed E-state index contributed by atoms with van der Waals surface area (Å²) in [7, 11) is 3.82. The molecule has 0 fully saturated rings. The monoisotopic (exact) mass is 148 g/mol. The van der Waals surface area contributed by atoms with Crippen LogP contribution in [0.4, 0.5) is 0 Å². The lowest BCUT2D eigenvalue weighted by Gasteiger charge is -2.00. The van der Waals surface area contributed by atoms with E-state index in [1.807, 2.05) is 50.5 Å². The average Bonchev–Trinajstić information content (AvgIpc) is 2.14. The Balaban J connectivity index is 3.08. The van der Waals surface area contributed by atoms with Crippen LogP contribution in [0.5, 0.6) is 0 Å². The second-order valence-electron chi connectivity index (χ2n) is 2.48. The lowest BCUT2D eigenvalue weighted by molar-refractivity contribution is 0.421. The van der Waals surface area contributed by atoms with Crippen LogP contribution in [-0.2, 0) is 0 Å². The second-order valence-corrected chi connectivity index (χ2v) is 2.48. The van der Waals surface area contributed by atoms with Crippen molar-refractivity contribution in [2.75, 3.05) is 14.1 Å². The van der Waals surface area contributed by atoms with E-state index in [9.17, 15) is 0 Å². The van der Waals surface area contributed by atoms with Crippen molar-refractivity contribution in [1.82, 2.24) is 5.01 Å². The van der Waals surface area contributed by atoms with Gasteiger partial charge in [0.05, 0.1) is 5.36 Å². The number of rotatable bonds is 1. The van der Waals surface area contributed by atoms with E-state index in [2.05, 4.69) is 5.10 Å². The van der Waals surface area contributed by atoms with Crippen LogP contribution in [0.2, 0.25) is 0 Å². The van der Waals surface area contributed by atoms with E-state index in [4.69, 9.17) is 0 Å². The smallest absolute Gasteiger partial charge is 0.0831 e. The Bertz CT molecular complexity index is 257. The van der Waals surface area contributed by atoms with Gasteiger partial charge in [-0.15, -0.1) is 0 Å². The summed E-state index contributed by atoms with van der Waals surface area (Å²) >= 11 is 0. The van der Waals surface area contributed by atoms with Crippen molar-refractivity contribution < 1.29 is 0 Å². The quantitative estimate of drug-likeness (QED) is 0.544. The fourth-order valence-electron chi connectivity index (χ4n) is 0.790. The first kappa shape index (κ1) is 7.79. The van der Waals surface area contributed by atoms with Gasteiger partial charge in [-0.05, 0) is 12.1 Å². The first-order valence-electron chi connectivity index (χ1n) is 3.56. The number of hydrogen-bond acceptors (Lipinski definition) is 2. The van der Waals surface area contributed by atoms with Crippen LogP contribution in [0, 0.1) is 0 Å². The molecular weight excluding hydrogens is 136 g/mol. The van der Waals surface area contributed by atoms with Crippen LogP contribution < -0.4 is 5.36 Å². The van der Waals surface area contributed by atoms with Crippen molar-refractivity contribution in [3.05, 3.63) is 41.8 Å². The Morgan fingerprint density at radius 2 is 1.55 bits per heavy atom. The van der Waals surface area contributed by atoms with Crippen molar-refractivity contribution in [2.24, 2.45) is 5.10 Å². The van der Waals surface area contributed by atoms with E-state index in [0.717, 1.165) is 5.36 Å². The fraction of sp³-hybridized carbons (Fsp3) is 0.222. The van der Waals surface area contributed by atoms with E-state index in [0.29, 0.717) is 0 Å². The minimum Gasteiger partial charge on any atom is -0.303 e. The third-order valence-corrected chi connectivity index (χ3v) is 1.18. The molecule has 0 aliphatic heterocycles. The maximum absolute atomic E-state index is 4.23. The highest BCUT2D eigenvalue weighted by Gasteiger charge is 1.77. The van der Waals surface area contributed by atoms with Gasteiger partial charge in [0.1, 0.15) is 0 Å². The molecule has 0 saturated carbocycles. The van der Waals surface area contributed by atoms with Gasteiger partial charge >= 0.3 is 0 Å². The standard InChI is InChI=1S/C9H12N2/c1-11(2)10-9-7-5-3-4-6-8-9/h3-8H,1-2H3. The van der Waals surface area contributed by atoms with Gasteiger partial charge in [0, 0.05) is 14.1 Å². The predicted octanol–water partition coefficient (Wildman–Crippen LogP) is 1.06. The minimum absolute atomic E-state index is 0.972. The largest absolute Gasteiger partial charge is 0.303 e. The van der Waals surface area contributed by atoms with E-state index >= 15 is 0 Å². The van der Waals surface area contributed by atoms with Crippen molar-refractivity contribution in [1.29, 1.82) is 0 Å². The summed E-state index contributed by atoms with van der Waals surface area (Å²) < 4.78 is 0. The maximum Gasteiger partial charge on any atom is 0.0831 e. The highest BCUT2D eigenvalue weighted by atomic mass is 15.4. The molecule has 11 heavy (non-hydrogen) atoms. The van der Waals surface area contributed by atoms with Gasteiger partial charge in [-0.2, -0.15) is 5.10 Å². The summed E-state index contributed by atoms with van der Waals surface area (Å²) in [6.45, 7) is 0. The van der Waals surface area contributed by atoms with Crippen LogP contribution in [0.25, 0.3) is 0 Å². The molecule has 1 rings (SSSR count). The Morgan fingerprint density at radius 3 is 2.00 bits per heavy atom. The zero-order valence-corrected chi connectivity index (χ0v) is 6.86. The Morgan fingerprint density at radius 1 is 1.00 bits per heavy atom. The molecule has 2 heteroatoms. The summed E-state index contributed by atoms with van der Waals surface area (Å²) in [5.74, 6) is 0. The molecule has 58 valence electrons. The molecule has 2 nitrogen and oxygen atoms in total. The Hall–Kier alpha value is -1.31. The van der Waals surface area contributed by atoms with E-state index in [-0.39, 0.29) is 0 Å². The predicted molar refractivity (Wildman–Crippen MR) is 45.7 cm³/mol. The SMILES string of the molecule is CN(C)N=c1cccccc1. The fourth-order valence-corrected chi connectivity index (χ4v) is 0.790. The summed E-state index contributed by atoms with van der Waals surface area (Å²) in [4.78, 5) is 0. The highest BCUT2D eigenvalue weighted by Crippen LogP contribution is 1.77. The zero-order valence-electron chi connectivity index (χ0n) is 6.86. The molecule has 0 heterocycles. The molecular formula is C9H12N2. The third kappa shape index (κ3) is 2.85. The minimum atomic E-state index is 0.972. The summed E-state index contributed by atoms with van der Waals surface area (Å²) in [5, 5.41) is 6.99. The molecule has 1 aromatic carbocycles.